The lowest BCUT2D eigenvalue weighted by molar-refractivity contribution is -0.671. The van der Waals surface area contributed by atoms with E-state index in [0.29, 0.717) is 25.3 Å². The molecule has 0 N–H and O–H groups in total. The summed E-state index contributed by atoms with van der Waals surface area (Å²) in [5, 5.41) is 0. The number of hydrogen-bond acceptors (Lipinski definition) is 3. The normalized spacial score (nSPS) is 14.9. The van der Waals surface area contributed by atoms with E-state index < -0.39 is 7.60 Å². The summed E-state index contributed by atoms with van der Waals surface area (Å²) >= 11 is 0. The number of unbranched alkanes of at least 4 members (excludes halogenated alkanes) is 11. The first-order valence-electron chi connectivity index (χ1n) is 20.0. The van der Waals surface area contributed by atoms with E-state index in [0.717, 1.165) is 42.6 Å². The lowest BCUT2D eigenvalue weighted by Gasteiger charge is -2.20. The van der Waals surface area contributed by atoms with Gasteiger partial charge in [-0.15, -0.1) is 0 Å². The average Bonchev–Trinajstić information content (AvgIpc) is 3.00. The van der Waals surface area contributed by atoms with Crippen molar-refractivity contribution in [3.05, 3.63) is 30.1 Å². The molecule has 0 aliphatic heterocycles. The highest BCUT2D eigenvalue weighted by Crippen LogP contribution is 2.51. The van der Waals surface area contributed by atoms with E-state index in [4.69, 9.17) is 9.05 Å². The fourth-order valence-electron chi connectivity index (χ4n) is 6.47. The van der Waals surface area contributed by atoms with Crippen molar-refractivity contribution in [3.8, 4) is 0 Å². The third-order valence-corrected chi connectivity index (χ3v) is 11.8. The molecule has 1 aromatic rings. The standard InChI is InChI=1S/C41H79NO3P.ClH/c1-8-9-10-11-12-13-14-15-16-17-18-19-34-44-46(43,36-41-29-32-42(7)33-30-41)45-35-31-40(6)28-22-27-39(5)26-21-25-38(4)24-20-23-37(2)3;/h29-30,32-33,37-40H,8-28,31,34-36H2,1-7H3;1H/q+1;/p-1. The summed E-state index contributed by atoms with van der Waals surface area (Å²) in [5.74, 6) is 3.10. The minimum atomic E-state index is -3.18. The molecule has 0 bridgehead atoms. The van der Waals surface area contributed by atoms with E-state index in [1.54, 1.807) is 0 Å². The SMILES string of the molecule is CCCCCCCCCCCCCCOP(=O)(Cc1cc[n+](C)cc1)OCCC(C)CCCC(C)CCCC(C)CCCC(C)C.[Cl-]. The maximum absolute atomic E-state index is 13.8. The first kappa shape index (κ1) is 46.6. The highest BCUT2D eigenvalue weighted by Gasteiger charge is 2.26. The Labute approximate surface area is 300 Å². The molecule has 1 aromatic heterocycles. The quantitative estimate of drug-likeness (QED) is 0.0427. The predicted octanol–water partition coefficient (Wildman–Crippen LogP) is 10.4. The van der Waals surface area contributed by atoms with Gasteiger partial charge in [0, 0.05) is 12.1 Å². The van der Waals surface area contributed by atoms with Crippen molar-refractivity contribution in [1.29, 1.82) is 0 Å². The zero-order valence-electron chi connectivity index (χ0n) is 32.3. The van der Waals surface area contributed by atoms with Crippen LogP contribution in [0.2, 0.25) is 0 Å². The van der Waals surface area contributed by atoms with Gasteiger partial charge in [0.05, 0.1) is 19.4 Å². The number of rotatable bonds is 32. The van der Waals surface area contributed by atoms with Crippen molar-refractivity contribution >= 4 is 7.60 Å². The highest BCUT2D eigenvalue weighted by atomic mass is 35.5. The van der Waals surface area contributed by atoms with Crippen molar-refractivity contribution in [2.75, 3.05) is 13.2 Å². The van der Waals surface area contributed by atoms with Gasteiger partial charge >= 0.3 is 7.60 Å². The number of pyridine rings is 1. The molecule has 278 valence electrons. The largest absolute Gasteiger partial charge is 1.00 e. The molecule has 0 spiro atoms. The van der Waals surface area contributed by atoms with Gasteiger partial charge in [0.1, 0.15) is 7.05 Å². The number of nitrogens with zero attached hydrogens (tertiary/aromatic N) is 1. The van der Waals surface area contributed by atoms with Crippen LogP contribution in [0, 0.1) is 23.7 Å². The molecule has 4 atom stereocenters. The van der Waals surface area contributed by atoms with Crippen LogP contribution < -0.4 is 17.0 Å². The Kier molecular flexibility index (Phi) is 30.2. The van der Waals surface area contributed by atoms with Crippen LogP contribution in [0.3, 0.4) is 0 Å². The van der Waals surface area contributed by atoms with Gasteiger partial charge in [-0.2, -0.15) is 0 Å². The topological polar surface area (TPSA) is 39.4 Å². The molecule has 0 amide bonds. The Morgan fingerprint density at radius 1 is 0.574 bits per heavy atom. The minimum absolute atomic E-state index is 0. The summed E-state index contributed by atoms with van der Waals surface area (Å²) in [5.41, 5.74) is 1.02. The third-order valence-electron chi connectivity index (χ3n) is 9.87. The van der Waals surface area contributed by atoms with Gasteiger partial charge in [-0.25, -0.2) is 4.57 Å². The smallest absolute Gasteiger partial charge is 0.335 e. The second kappa shape index (κ2) is 30.4. The van der Waals surface area contributed by atoms with Crippen molar-refractivity contribution in [3.63, 3.8) is 0 Å². The second-order valence-corrected chi connectivity index (χ2v) is 17.5. The monoisotopic (exact) mass is 700 g/mol. The van der Waals surface area contributed by atoms with Gasteiger partial charge < -0.3 is 21.5 Å². The molecule has 4 unspecified atom stereocenters. The number of aromatic nitrogens is 1. The fraction of sp³-hybridized carbons (Fsp3) is 0.878. The van der Waals surface area contributed by atoms with Crippen LogP contribution in [0.5, 0.6) is 0 Å². The maximum atomic E-state index is 13.8. The molecule has 47 heavy (non-hydrogen) atoms. The van der Waals surface area contributed by atoms with E-state index >= 15 is 0 Å². The molecule has 6 heteroatoms. The molecule has 1 heterocycles. The van der Waals surface area contributed by atoms with Gasteiger partial charge in [0.25, 0.3) is 0 Å². The van der Waals surface area contributed by atoms with Crippen LogP contribution in [0.1, 0.15) is 188 Å². The van der Waals surface area contributed by atoms with Crippen LogP contribution in [0.15, 0.2) is 24.5 Å². The molecule has 0 saturated heterocycles. The molecule has 0 aromatic carbocycles. The van der Waals surface area contributed by atoms with Gasteiger partial charge in [0.15, 0.2) is 12.4 Å². The van der Waals surface area contributed by atoms with Gasteiger partial charge in [0.2, 0.25) is 0 Å². The molecule has 1 rings (SSSR count). The lowest BCUT2D eigenvalue weighted by atomic mass is 9.91. The zero-order chi connectivity index (χ0) is 33.9. The maximum Gasteiger partial charge on any atom is 0.335 e. The van der Waals surface area contributed by atoms with Crippen molar-refractivity contribution in [2.45, 2.75) is 189 Å². The Balaban J connectivity index is 0.0000212. The Morgan fingerprint density at radius 2 is 0.979 bits per heavy atom. The zero-order valence-corrected chi connectivity index (χ0v) is 33.9. The number of aryl methyl sites for hydroxylation is 1. The van der Waals surface area contributed by atoms with Crippen LogP contribution >= 0.6 is 7.60 Å². The molecule has 0 aliphatic carbocycles. The highest BCUT2D eigenvalue weighted by molar-refractivity contribution is 7.53. The Bertz CT molecular complexity index is 865. The molecular weight excluding hydrogens is 621 g/mol. The van der Waals surface area contributed by atoms with Crippen molar-refractivity contribution < 1.29 is 30.6 Å². The van der Waals surface area contributed by atoms with E-state index in [1.165, 1.54) is 122 Å². The lowest BCUT2D eigenvalue weighted by Crippen LogP contribution is -3.00. The van der Waals surface area contributed by atoms with Crippen LogP contribution in [-0.4, -0.2) is 13.2 Å². The van der Waals surface area contributed by atoms with Crippen LogP contribution in [0.4, 0.5) is 0 Å². The molecule has 4 nitrogen and oxygen atoms in total. The van der Waals surface area contributed by atoms with E-state index in [9.17, 15) is 4.57 Å². The molecule has 0 radical (unpaired) electrons. The van der Waals surface area contributed by atoms with E-state index in [2.05, 4.69) is 41.5 Å². The van der Waals surface area contributed by atoms with Crippen molar-refractivity contribution in [1.82, 2.24) is 0 Å². The first-order chi connectivity index (χ1) is 22.1. The number of halogens is 1. The molecule has 0 aliphatic rings. The van der Waals surface area contributed by atoms with Crippen LogP contribution in [0.25, 0.3) is 0 Å². The van der Waals surface area contributed by atoms with Gasteiger partial charge in [-0.05, 0) is 42.1 Å². The summed E-state index contributed by atoms with van der Waals surface area (Å²) < 4.78 is 28.0. The fourth-order valence-corrected chi connectivity index (χ4v) is 8.17. The van der Waals surface area contributed by atoms with E-state index in [-0.39, 0.29) is 12.4 Å². The molecular formula is C41H79ClNO3P. The van der Waals surface area contributed by atoms with Gasteiger partial charge in [-0.1, -0.05) is 170 Å². The predicted molar refractivity (Wildman–Crippen MR) is 200 cm³/mol. The molecule has 0 saturated carbocycles. The number of hydrogen-bond donors (Lipinski definition) is 0. The summed E-state index contributed by atoms with van der Waals surface area (Å²) in [7, 11) is -1.18. The minimum Gasteiger partial charge on any atom is -1.00 e. The van der Waals surface area contributed by atoms with E-state index in [1.807, 2.05) is 36.1 Å². The Morgan fingerprint density at radius 3 is 1.45 bits per heavy atom. The third kappa shape index (κ3) is 28.0. The summed E-state index contributed by atoms with van der Waals surface area (Å²) in [6.07, 6.45) is 33.1. The average molecular weight is 701 g/mol. The molecule has 0 fully saturated rings. The summed E-state index contributed by atoms with van der Waals surface area (Å²) in [6.45, 7) is 15.2. The van der Waals surface area contributed by atoms with Gasteiger partial charge in [-0.3, -0.25) is 4.57 Å². The van der Waals surface area contributed by atoms with Crippen LogP contribution in [-0.2, 0) is 26.8 Å². The second-order valence-electron chi connectivity index (χ2n) is 15.5. The first-order valence-corrected chi connectivity index (χ1v) is 21.7. The summed E-state index contributed by atoms with van der Waals surface area (Å²) in [6, 6.07) is 4.06. The van der Waals surface area contributed by atoms with Crippen molar-refractivity contribution in [2.24, 2.45) is 30.7 Å². The summed E-state index contributed by atoms with van der Waals surface area (Å²) in [4.78, 5) is 0. The Hall–Kier alpha value is -0.410.